The number of anilines is 1. The highest BCUT2D eigenvalue weighted by molar-refractivity contribution is 5.93. The SMILES string of the molecule is CCOCCn1ccc2c(OCC(=O)Nc3ccccc3C(F)(F)F)cccc2c1=O. The van der Waals surface area contributed by atoms with Gasteiger partial charge < -0.3 is 19.4 Å². The molecule has 9 heteroatoms. The van der Waals surface area contributed by atoms with Crippen LogP contribution in [0.4, 0.5) is 18.9 Å². The number of alkyl halides is 3. The lowest BCUT2D eigenvalue weighted by molar-refractivity contribution is -0.137. The number of para-hydroxylation sites is 1. The number of pyridine rings is 1. The quantitative estimate of drug-likeness (QED) is 0.543. The minimum Gasteiger partial charge on any atom is -0.483 e. The molecule has 0 radical (unpaired) electrons. The molecular formula is C22H21F3N2O4. The fraction of sp³-hybridized carbons (Fsp3) is 0.273. The van der Waals surface area contributed by atoms with Crippen LogP contribution in [-0.2, 0) is 22.3 Å². The second-order valence-corrected chi connectivity index (χ2v) is 6.61. The van der Waals surface area contributed by atoms with E-state index in [9.17, 15) is 22.8 Å². The number of rotatable bonds is 8. The third-order valence-electron chi connectivity index (χ3n) is 4.52. The van der Waals surface area contributed by atoms with Crippen LogP contribution < -0.4 is 15.6 Å². The normalized spacial score (nSPS) is 11.5. The number of halogens is 3. The highest BCUT2D eigenvalue weighted by Crippen LogP contribution is 2.34. The maximum atomic E-state index is 13.1. The first-order valence-electron chi connectivity index (χ1n) is 9.60. The Kier molecular flexibility index (Phi) is 6.96. The lowest BCUT2D eigenvalue weighted by Crippen LogP contribution is -2.23. The van der Waals surface area contributed by atoms with E-state index in [-0.39, 0.29) is 17.0 Å². The van der Waals surface area contributed by atoms with Crippen LogP contribution in [0.2, 0.25) is 0 Å². The Labute approximate surface area is 176 Å². The Morgan fingerprint density at radius 2 is 1.84 bits per heavy atom. The number of carbonyl (C=O) groups excluding carboxylic acids is 1. The molecule has 0 saturated heterocycles. The number of hydrogen-bond donors (Lipinski definition) is 1. The van der Waals surface area contributed by atoms with Crippen molar-refractivity contribution in [1.29, 1.82) is 0 Å². The number of hydrogen-bond acceptors (Lipinski definition) is 4. The summed E-state index contributed by atoms with van der Waals surface area (Å²) >= 11 is 0. The summed E-state index contributed by atoms with van der Waals surface area (Å²) in [5, 5.41) is 3.13. The van der Waals surface area contributed by atoms with Gasteiger partial charge in [0, 0.05) is 24.7 Å². The molecule has 0 fully saturated rings. The molecule has 2 aromatic carbocycles. The first-order valence-corrected chi connectivity index (χ1v) is 9.60. The highest BCUT2D eigenvalue weighted by atomic mass is 19.4. The summed E-state index contributed by atoms with van der Waals surface area (Å²) in [7, 11) is 0. The van der Waals surface area contributed by atoms with E-state index in [1.54, 1.807) is 30.5 Å². The van der Waals surface area contributed by atoms with Crippen molar-refractivity contribution in [2.45, 2.75) is 19.6 Å². The standard InChI is InChI=1S/C22H21F3N2O4/c1-2-30-13-12-27-11-10-15-16(21(27)29)6-5-9-19(15)31-14-20(28)26-18-8-4-3-7-17(18)22(23,24)25/h3-11H,2,12-14H2,1H3,(H,26,28). The number of amides is 1. The van der Waals surface area contributed by atoms with Crippen LogP contribution in [0.15, 0.2) is 59.5 Å². The molecule has 164 valence electrons. The molecule has 1 heterocycles. The molecule has 0 bridgehead atoms. The number of ether oxygens (including phenoxy) is 2. The fourth-order valence-electron chi connectivity index (χ4n) is 3.07. The lowest BCUT2D eigenvalue weighted by atomic mass is 10.1. The molecule has 1 N–H and O–H groups in total. The molecule has 1 amide bonds. The van der Waals surface area contributed by atoms with Gasteiger partial charge in [-0.1, -0.05) is 18.2 Å². The summed E-state index contributed by atoms with van der Waals surface area (Å²) in [6.45, 7) is 2.70. The van der Waals surface area contributed by atoms with Crippen LogP contribution in [0.25, 0.3) is 10.8 Å². The Bertz CT molecular complexity index is 1130. The number of carbonyl (C=O) groups is 1. The topological polar surface area (TPSA) is 69.6 Å². The van der Waals surface area contributed by atoms with E-state index in [4.69, 9.17) is 9.47 Å². The molecule has 0 aliphatic heterocycles. The third kappa shape index (κ3) is 5.43. The molecule has 0 unspecified atom stereocenters. The average Bonchev–Trinajstić information content (AvgIpc) is 2.74. The van der Waals surface area contributed by atoms with Gasteiger partial charge in [0.25, 0.3) is 11.5 Å². The van der Waals surface area contributed by atoms with Crippen LogP contribution in [0, 0.1) is 0 Å². The molecule has 3 rings (SSSR count). The molecule has 0 aliphatic carbocycles. The summed E-state index contributed by atoms with van der Waals surface area (Å²) in [6, 6.07) is 11.2. The van der Waals surface area contributed by atoms with E-state index in [0.29, 0.717) is 30.5 Å². The Hall–Kier alpha value is -3.33. The Morgan fingerprint density at radius 1 is 1.06 bits per heavy atom. The van der Waals surface area contributed by atoms with E-state index in [1.807, 2.05) is 6.92 Å². The monoisotopic (exact) mass is 434 g/mol. The Morgan fingerprint density at radius 3 is 2.58 bits per heavy atom. The van der Waals surface area contributed by atoms with E-state index < -0.39 is 24.3 Å². The number of nitrogens with one attached hydrogen (secondary N) is 1. The highest BCUT2D eigenvalue weighted by Gasteiger charge is 2.33. The van der Waals surface area contributed by atoms with Crippen LogP contribution in [0.5, 0.6) is 5.75 Å². The zero-order valence-corrected chi connectivity index (χ0v) is 16.7. The van der Waals surface area contributed by atoms with E-state index >= 15 is 0 Å². The minimum absolute atomic E-state index is 0.230. The molecule has 0 spiro atoms. The summed E-state index contributed by atoms with van der Waals surface area (Å²) < 4.78 is 51.5. The van der Waals surface area contributed by atoms with Gasteiger partial charge in [0.2, 0.25) is 0 Å². The molecular weight excluding hydrogens is 413 g/mol. The molecule has 31 heavy (non-hydrogen) atoms. The van der Waals surface area contributed by atoms with Crippen molar-refractivity contribution >= 4 is 22.4 Å². The second kappa shape index (κ2) is 9.65. The Balaban J connectivity index is 1.74. The molecule has 0 saturated carbocycles. The summed E-state index contributed by atoms with van der Waals surface area (Å²) in [4.78, 5) is 24.8. The van der Waals surface area contributed by atoms with Crippen LogP contribution in [0.3, 0.4) is 0 Å². The predicted molar refractivity (Wildman–Crippen MR) is 110 cm³/mol. The summed E-state index contributed by atoms with van der Waals surface area (Å²) in [5.41, 5.74) is -1.52. The van der Waals surface area contributed by atoms with Crippen LogP contribution in [-0.4, -0.2) is 30.3 Å². The summed E-state index contributed by atoms with van der Waals surface area (Å²) in [6.07, 6.45) is -2.99. The van der Waals surface area contributed by atoms with Crippen molar-refractivity contribution in [2.75, 3.05) is 25.1 Å². The van der Waals surface area contributed by atoms with Gasteiger partial charge in [0.1, 0.15) is 5.75 Å². The van der Waals surface area contributed by atoms with Crippen LogP contribution >= 0.6 is 0 Å². The zero-order chi connectivity index (χ0) is 22.4. The van der Waals surface area contributed by atoms with Crippen molar-refractivity contribution in [2.24, 2.45) is 0 Å². The first-order chi connectivity index (χ1) is 14.8. The van der Waals surface area contributed by atoms with E-state index in [0.717, 1.165) is 6.07 Å². The fourth-order valence-corrected chi connectivity index (χ4v) is 3.07. The number of nitrogens with zero attached hydrogens (tertiary/aromatic N) is 1. The lowest BCUT2D eigenvalue weighted by Gasteiger charge is -2.14. The third-order valence-corrected chi connectivity index (χ3v) is 4.52. The van der Waals surface area contributed by atoms with Gasteiger partial charge in [-0.05, 0) is 37.3 Å². The van der Waals surface area contributed by atoms with Crippen molar-refractivity contribution < 1.29 is 27.4 Å². The summed E-state index contributed by atoms with van der Waals surface area (Å²) in [5.74, 6) is -0.468. The maximum absolute atomic E-state index is 13.1. The molecule has 1 aromatic heterocycles. The van der Waals surface area contributed by atoms with Gasteiger partial charge in [-0.15, -0.1) is 0 Å². The van der Waals surface area contributed by atoms with Gasteiger partial charge in [-0.25, -0.2) is 0 Å². The smallest absolute Gasteiger partial charge is 0.418 e. The number of fused-ring (bicyclic) bond motifs is 1. The van der Waals surface area contributed by atoms with Crippen LogP contribution in [0.1, 0.15) is 12.5 Å². The molecule has 6 nitrogen and oxygen atoms in total. The van der Waals surface area contributed by atoms with Gasteiger partial charge in [-0.3, -0.25) is 9.59 Å². The van der Waals surface area contributed by atoms with Gasteiger partial charge in [0.05, 0.1) is 23.2 Å². The van der Waals surface area contributed by atoms with E-state index in [2.05, 4.69) is 5.32 Å². The molecule has 0 atom stereocenters. The van der Waals surface area contributed by atoms with Gasteiger partial charge >= 0.3 is 6.18 Å². The largest absolute Gasteiger partial charge is 0.483 e. The molecule has 3 aromatic rings. The van der Waals surface area contributed by atoms with Crippen molar-refractivity contribution in [3.05, 3.63) is 70.6 Å². The molecule has 0 aliphatic rings. The number of aromatic nitrogens is 1. The zero-order valence-electron chi connectivity index (χ0n) is 16.7. The maximum Gasteiger partial charge on any atom is 0.418 e. The van der Waals surface area contributed by atoms with Crippen molar-refractivity contribution in [3.63, 3.8) is 0 Å². The number of benzene rings is 2. The average molecular weight is 434 g/mol. The van der Waals surface area contributed by atoms with Crippen molar-refractivity contribution in [1.82, 2.24) is 4.57 Å². The van der Waals surface area contributed by atoms with Gasteiger partial charge in [-0.2, -0.15) is 13.2 Å². The first kappa shape index (κ1) is 22.4. The van der Waals surface area contributed by atoms with Gasteiger partial charge in [0.15, 0.2) is 6.61 Å². The predicted octanol–water partition coefficient (Wildman–Crippen LogP) is 4.07. The van der Waals surface area contributed by atoms with Crippen molar-refractivity contribution in [3.8, 4) is 5.75 Å². The minimum atomic E-state index is -4.59. The van der Waals surface area contributed by atoms with E-state index in [1.165, 1.54) is 22.8 Å². The second-order valence-electron chi connectivity index (χ2n) is 6.61.